The van der Waals surface area contributed by atoms with Gasteiger partial charge in [0.2, 0.25) is 0 Å². The van der Waals surface area contributed by atoms with Gasteiger partial charge in [0.1, 0.15) is 18.8 Å². The van der Waals surface area contributed by atoms with Crippen molar-refractivity contribution in [1.29, 1.82) is 0 Å². The zero-order chi connectivity index (χ0) is 54.7. The monoisotopic (exact) mass is 1040 g/mol. The molecule has 1 rings (SSSR count). The van der Waals surface area contributed by atoms with E-state index in [1.165, 1.54) is 44.9 Å². The van der Waals surface area contributed by atoms with E-state index in [-0.39, 0.29) is 25.9 Å². The van der Waals surface area contributed by atoms with E-state index in [4.69, 9.17) is 23.7 Å². The molecular formula is C63H96O12. The first-order valence-corrected chi connectivity index (χ1v) is 28.2. The van der Waals surface area contributed by atoms with Crippen LogP contribution in [-0.4, -0.2) is 89.2 Å². The summed E-state index contributed by atoms with van der Waals surface area (Å²) in [4.78, 5) is 50.9. The molecule has 0 aliphatic carbocycles. The van der Waals surface area contributed by atoms with Crippen molar-refractivity contribution in [2.24, 2.45) is 0 Å². The average molecular weight is 1050 g/mol. The first-order valence-electron chi connectivity index (χ1n) is 28.2. The van der Waals surface area contributed by atoms with Crippen LogP contribution in [0.2, 0.25) is 0 Å². The minimum atomic E-state index is -1.95. The van der Waals surface area contributed by atoms with Crippen LogP contribution in [-0.2, 0) is 42.9 Å². The minimum absolute atomic E-state index is 0.0778. The highest BCUT2D eigenvalue weighted by molar-refractivity contribution is 5.74. The van der Waals surface area contributed by atoms with Crippen LogP contribution in [0.15, 0.2) is 134 Å². The van der Waals surface area contributed by atoms with Gasteiger partial charge in [-0.15, -0.1) is 0 Å². The fraction of sp³-hybridized carbons (Fsp3) is 0.587. The van der Waals surface area contributed by atoms with Crippen LogP contribution < -0.4 is 0 Å². The highest BCUT2D eigenvalue weighted by Gasteiger charge is 2.50. The number of allylic oxidation sites excluding steroid dienone is 21. The molecule has 6 atom stereocenters. The molecule has 1 fully saturated rings. The van der Waals surface area contributed by atoms with E-state index >= 15 is 0 Å². The lowest BCUT2D eigenvalue weighted by Crippen LogP contribution is -2.61. The minimum Gasteiger partial charge on any atom is -0.479 e. The van der Waals surface area contributed by atoms with Crippen LogP contribution in [0, 0.1) is 0 Å². The summed E-state index contributed by atoms with van der Waals surface area (Å²) in [6.45, 7) is 5.62. The number of ether oxygens (including phenoxy) is 5. The number of carbonyl (C=O) groups is 4. The molecule has 0 aromatic carbocycles. The maximum Gasteiger partial charge on any atom is 0.335 e. The number of aliphatic carboxylic acids is 1. The summed E-state index contributed by atoms with van der Waals surface area (Å²) in [7, 11) is 0. The van der Waals surface area contributed by atoms with Crippen molar-refractivity contribution in [3.8, 4) is 0 Å². The second-order valence-corrected chi connectivity index (χ2v) is 18.5. The summed E-state index contributed by atoms with van der Waals surface area (Å²) in [5.74, 6) is -3.41. The number of carboxylic acid groups (broad SMARTS) is 1. The molecule has 75 heavy (non-hydrogen) atoms. The van der Waals surface area contributed by atoms with Crippen molar-refractivity contribution < 1.29 is 58.2 Å². The summed E-state index contributed by atoms with van der Waals surface area (Å²) in [6.07, 6.45) is 57.6. The summed E-state index contributed by atoms with van der Waals surface area (Å²) in [6, 6.07) is 0. The normalized spacial score (nSPS) is 19.2. The van der Waals surface area contributed by atoms with Crippen LogP contribution in [0.5, 0.6) is 0 Å². The van der Waals surface area contributed by atoms with Gasteiger partial charge in [0.05, 0.1) is 13.0 Å². The molecule has 0 aromatic rings. The molecule has 6 unspecified atom stereocenters. The van der Waals surface area contributed by atoms with E-state index in [0.717, 1.165) is 77.0 Å². The first kappa shape index (κ1) is 67.9. The van der Waals surface area contributed by atoms with Crippen molar-refractivity contribution in [2.45, 2.75) is 225 Å². The fourth-order valence-corrected chi connectivity index (χ4v) is 7.53. The van der Waals surface area contributed by atoms with Gasteiger partial charge < -0.3 is 39.0 Å². The molecular weight excluding hydrogens is 949 g/mol. The molecule has 12 nitrogen and oxygen atoms in total. The molecule has 0 aromatic heterocycles. The van der Waals surface area contributed by atoms with Gasteiger partial charge in [-0.3, -0.25) is 14.4 Å². The van der Waals surface area contributed by atoms with Crippen molar-refractivity contribution >= 4 is 23.9 Å². The molecule has 0 bridgehead atoms. The Labute approximate surface area is 451 Å². The van der Waals surface area contributed by atoms with Gasteiger partial charge in [0.25, 0.3) is 0 Å². The number of aliphatic hydroxyl groups is 2. The van der Waals surface area contributed by atoms with E-state index in [0.29, 0.717) is 25.7 Å². The third-order valence-corrected chi connectivity index (χ3v) is 11.8. The Morgan fingerprint density at radius 1 is 0.467 bits per heavy atom. The molecule has 0 amide bonds. The van der Waals surface area contributed by atoms with Gasteiger partial charge >= 0.3 is 23.9 Å². The lowest BCUT2D eigenvalue weighted by atomic mass is 9.98. The highest BCUT2D eigenvalue weighted by Crippen LogP contribution is 2.26. The Hall–Kier alpha value is -5.14. The predicted molar refractivity (Wildman–Crippen MR) is 303 cm³/mol. The Bertz CT molecular complexity index is 1810. The Balaban J connectivity index is 2.79. The van der Waals surface area contributed by atoms with Gasteiger partial charge in [-0.05, 0) is 83.5 Å². The molecule has 1 saturated heterocycles. The molecule has 1 aliphatic heterocycles. The van der Waals surface area contributed by atoms with Crippen molar-refractivity contribution in [2.75, 3.05) is 13.2 Å². The molecule has 3 N–H and O–H groups in total. The molecule has 0 spiro atoms. The standard InChI is InChI=1S/C63H96O12/c1-4-7-10-13-16-19-22-24-26-27-28-29-31-32-35-37-40-43-46-49-55(64)71-52-54(73-56(65)50-47-44-41-38-34-21-18-15-12-9-6-3)53-72-63-61(59(68)58(67)60(75-63)62(69)70)74-57(66)51-48-45-42-39-36-33-30-25-23-20-17-14-11-8-5-2/h7-8,10-11,16-17,19-20,24-26,28-30,32,35-36,39-40,43,45,48,54,58-61,63,67-68H,4-6,9,12-15,18,21-23,27,31,33-34,37-38,41-42,44,46-47,49-53H2,1-3H3,(H,69,70)/b10-7-,11-8-,19-16-,20-17-,26-24-,29-28-,30-25-,35-32-,39-36-,43-40-,48-45-. The number of carbonyl (C=O) groups excluding carboxylic acids is 3. The van der Waals surface area contributed by atoms with Crippen LogP contribution >= 0.6 is 0 Å². The topological polar surface area (TPSA) is 175 Å². The molecule has 12 heteroatoms. The van der Waals surface area contributed by atoms with Crippen molar-refractivity contribution in [3.63, 3.8) is 0 Å². The van der Waals surface area contributed by atoms with Crippen molar-refractivity contribution in [1.82, 2.24) is 0 Å². The Morgan fingerprint density at radius 2 is 0.880 bits per heavy atom. The largest absolute Gasteiger partial charge is 0.479 e. The fourth-order valence-electron chi connectivity index (χ4n) is 7.53. The predicted octanol–water partition coefficient (Wildman–Crippen LogP) is 14.2. The molecule has 0 saturated carbocycles. The number of carboxylic acids is 1. The number of esters is 3. The van der Waals surface area contributed by atoms with Gasteiger partial charge in [0.15, 0.2) is 24.6 Å². The lowest BCUT2D eigenvalue weighted by molar-refractivity contribution is -0.301. The smallest absolute Gasteiger partial charge is 0.335 e. The third kappa shape index (κ3) is 39.9. The van der Waals surface area contributed by atoms with Crippen LogP contribution in [0.3, 0.4) is 0 Å². The van der Waals surface area contributed by atoms with Gasteiger partial charge in [0, 0.05) is 12.8 Å². The zero-order valence-electron chi connectivity index (χ0n) is 46.0. The van der Waals surface area contributed by atoms with Gasteiger partial charge in [-0.2, -0.15) is 0 Å². The van der Waals surface area contributed by atoms with Gasteiger partial charge in [-0.1, -0.05) is 219 Å². The number of hydrogen-bond donors (Lipinski definition) is 3. The summed E-state index contributed by atoms with van der Waals surface area (Å²) in [5, 5.41) is 31.4. The maximum atomic E-state index is 13.1. The second kappa shape index (κ2) is 49.7. The Kier molecular flexibility index (Phi) is 45.0. The number of hydrogen-bond acceptors (Lipinski definition) is 11. The average Bonchev–Trinajstić information content (AvgIpc) is 3.39. The highest BCUT2D eigenvalue weighted by atomic mass is 16.7. The van der Waals surface area contributed by atoms with E-state index in [1.807, 2.05) is 24.3 Å². The van der Waals surface area contributed by atoms with E-state index in [2.05, 4.69) is 118 Å². The van der Waals surface area contributed by atoms with E-state index in [9.17, 15) is 34.5 Å². The lowest BCUT2D eigenvalue weighted by Gasteiger charge is -2.40. The molecule has 420 valence electrons. The summed E-state index contributed by atoms with van der Waals surface area (Å²) >= 11 is 0. The van der Waals surface area contributed by atoms with Gasteiger partial charge in [-0.25, -0.2) is 4.79 Å². The van der Waals surface area contributed by atoms with E-state index in [1.54, 1.807) is 12.2 Å². The molecule has 1 aliphatic rings. The van der Waals surface area contributed by atoms with Crippen molar-refractivity contribution in [3.05, 3.63) is 134 Å². The first-order chi connectivity index (χ1) is 36.6. The van der Waals surface area contributed by atoms with Crippen LogP contribution in [0.25, 0.3) is 0 Å². The van der Waals surface area contributed by atoms with Crippen LogP contribution in [0.4, 0.5) is 0 Å². The number of aliphatic hydroxyl groups excluding tert-OH is 2. The summed E-state index contributed by atoms with van der Waals surface area (Å²) in [5.41, 5.74) is 0. The quantitative estimate of drug-likeness (QED) is 0.0228. The summed E-state index contributed by atoms with van der Waals surface area (Å²) < 4.78 is 28.1. The zero-order valence-corrected chi connectivity index (χ0v) is 46.0. The van der Waals surface area contributed by atoms with E-state index < -0.39 is 67.3 Å². The number of rotatable bonds is 45. The third-order valence-electron chi connectivity index (χ3n) is 11.8. The molecule has 0 radical (unpaired) electrons. The SMILES string of the molecule is CC/C=C\C/C=C\C/C=C\C/C=C\C/C=C\C/C=C\CCC(=O)OCC(COC1OC(C(=O)O)C(O)C(O)C1OC(=O)C/C=C\C/C=C\C/C=C\C/C=C\C/C=C\CC)OC(=O)CCCCCCCCCCCCC. The maximum absolute atomic E-state index is 13.1. The number of unbranched alkanes of at least 4 members (excludes halogenated alkanes) is 10. The molecule has 1 heterocycles. The second-order valence-electron chi connectivity index (χ2n) is 18.5. The van der Waals surface area contributed by atoms with Crippen LogP contribution in [0.1, 0.15) is 188 Å². The Morgan fingerprint density at radius 3 is 1.32 bits per heavy atom.